The van der Waals surface area contributed by atoms with E-state index in [1.807, 2.05) is 56.3 Å². The molecule has 5 nitrogen and oxygen atoms in total. The highest BCUT2D eigenvalue weighted by Crippen LogP contribution is 2.23. The third-order valence-corrected chi connectivity index (χ3v) is 4.87. The Labute approximate surface area is 154 Å². The van der Waals surface area contributed by atoms with Crippen LogP contribution in [0.1, 0.15) is 17.5 Å². The lowest BCUT2D eigenvalue weighted by molar-refractivity contribution is -0.119. The number of nitrogens with one attached hydrogen (secondary N) is 2. The fraction of sp³-hybridized carbons (Fsp3) is 0.158. The number of nitrogens with zero attached hydrogens (tertiary/aromatic N) is 1. The maximum Gasteiger partial charge on any atom is 0.273 e. The van der Waals surface area contributed by atoms with Crippen molar-refractivity contribution in [2.45, 2.75) is 20.3 Å². The number of aryl methyl sites for hydroxylation is 2. The first-order valence-corrected chi connectivity index (χ1v) is 8.68. The van der Waals surface area contributed by atoms with Crippen molar-refractivity contribution in [3.8, 4) is 0 Å². The first kappa shape index (κ1) is 17.2. The van der Waals surface area contributed by atoms with Crippen molar-refractivity contribution < 1.29 is 9.59 Å². The molecule has 1 aliphatic rings. The minimum absolute atomic E-state index is 0.106. The van der Waals surface area contributed by atoms with Crippen LogP contribution in [0.3, 0.4) is 0 Å². The van der Waals surface area contributed by atoms with Gasteiger partial charge in [0.15, 0.2) is 0 Å². The zero-order valence-corrected chi connectivity index (χ0v) is 15.6. The molecular weight excluding hydrogens is 382 g/mol. The second-order valence-corrected chi connectivity index (χ2v) is 6.72. The number of benzene rings is 2. The predicted molar refractivity (Wildman–Crippen MR) is 102 cm³/mol. The van der Waals surface area contributed by atoms with Gasteiger partial charge in [0.05, 0.1) is 5.69 Å². The summed E-state index contributed by atoms with van der Waals surface area (Å²) in [7, 11) is 0. The Balaban J connectivity index is 1.78. The largest absolute Gasteiger partial charge is 0.321 e. The SMILES string of the molecule is Cc1cc(NC(=O)C2=CCC(=O)N(c3ccccc3C)N2)ccc1Br. The first-order valence-electron chi connectivity index (χ1n) is 7.88. The van der Waals surface area contributed by atoms with Crippen LogP contribution in [0.15, 0.2) is 58.7 Å². The summed E-state index contributed by atoms with van der Waals surface area (Å²) in [6.45, 7) is 3.88. The topological polar surface area (TPSA) is 61.4 Å². The quantitative estimate of drug-likeness (QED) is 0.824. The molecule has 0 saturated carbocycles. The first-order chi connectivity index (χ1) is 12.0. The van der Waals surface area contributed by atoms with Crippen LogP contribution in [0, 0.1) is 13.8 Å². The van der Waals surface area contributed by atoms with Gasteiger partial charge >= 0.3 is 0 Å². The second kappa shape index (κ2) is 7.11. The van der Waals surface area contributed by atoms with E-state index < -0.39 is 0 Å². The average Bonchev–Trinajstić information content (AvgIpc) is 2.59. The summed E-state index contributed by atoms with van der Waals surface area (Å²) < 4.78 is 0.983. The maximum atomic E-state index is 12.5. The number of rotatable bonds is 3. The lowest BCUT2D eigenvalue weighted by atomic mass is 10.1. The van der Waals surface area contributed by atoms with Crippen molar-refractivity contribution in [1.82, 2.24) is 5.43 Å². The van der Waals surface area contributed by atoms with Gasteiger partial charge in [-0.25, -0.2) is 5.01 Å². The number of hydrogen-bond donors (Lipinski definition) is 2. The normalized spacial score (nSPS) is 14.0. The molecule has 25 heavy (non-hydrogen) atoms. The zero-order chi connectivity index (χ0) is 18.0. The zero-order valence-electron chi connectivity index (χ0n) is 14.0. The van der Waals surface area contributed by atoms with E-state index in [1.54, 1.807) is 6.08 Å². The smallest absolute Gasteiger partial charge is 0.273 e. The van der Waals surface area contributed by atoms with Crippen molar-refractivity contribution in [2.24, 2.45) is 0 Å². The average molecular weight is 400 g/mol. The number of hydrazine groups is 1. The number of hydrogen-bond acceptors (Lipinski definition) is 3. The van der Waals surface area contributed by atoms with Crippen LogP contribution in [0.5, 0.6) is 0 Å². The minimum Gasteiger partial charge on any atom is -0.321 e. The minimum atomic E-state index is -0.284. The Bertz CT molecular complexity index is 877. The Morgan fingerprint density at radius 3 is 2.64 bits per heavy atom. The number of para-hydroxylation sites is 1. The predicted octanol–water partition coefficient (Wildman–Crippen LogP) is 3.83. The van der Waals surface area contributed by atoms with Gasteiger partial charge in [0.25, 0.3) is 5.91 Å². The van der Waals surface area contributed by atoms with E-state index in [2.05, 4.69) is 26.7 Å². The van der Waals surface area contributed by atoms with Gasteiger partial charge in [-0.3, -0.25) is 15.0 Å². The van der Waals surface area contributed by atoms with Crippen molar-refractivity contribution in [2.75, 3.05) is 10.3 Å². The van der Waals surface area contributed by atoms with E-state index in [1.165, 1.54) is 5.01 Å². The Morgan fingerprint density at radius 1 is 1.16 bits per heavy atom. The second-order valence-electron chi connectivity index (χ2n) is 5.87. The molecule has 0 atom stereocenters. The van der Waals surface area contributed by atoms with E-state index in [9.17, 15) is 9.59 Å². The van der Waals surface area contributed by atoms with E-state index in [0.29, 0.717) is 11.4 Å². The molecule has 2 aromatic carbocycles. The molecule has 2 amide bonds. The highest BCUT2D eigenvalue weighted by atomic mass is 79.9. The van der Waals surface area contributed by atoms with E-state index in [4.69, 9.17) is 0 Å². The molecule has 0 bridgehead atoms. The van der Waals surface area contributed by atoms with Crippen molar-refractivity contribution in [1.29, 1.82) is 0 Å². The summed E-state index contributed by atoms with van der Waals surface area (Å²) in [5, 5.41) is 4.28. The summed E-state index contributed by atoms with van der Waals surface area (Å²) in [5.41, 5.74) is 6.70. The molecule has 0 fully saturated rings. The molecule has 0 aromatic heterocycles. The van der Waals surface area contributed by atoms with Gasteiger partial charge in [0, 0.05) is 16.6 Å². The van der Waals surface area contributed by atoms with Crippen molar-refractivity contribution >= 4 is 39.1 Å². The van der Waals surface area contributed by atoms with E-state index >= 15 is 0 Å². The molecule has 0 unspecified atom stereocenters. The number of carbonyl (C=O) groups excluding carboxylic acids is 2. The summed E-state index contributed by atoms with van der Waals surface area (Å²) in [6, 6.07) is 13.1. The van der Waals surface area contributed by atoms with Crippen LogP contribution in [0.4, 0.5) is 11.4 Å². The molecule has 3 rings (SSSR count). The number of carbonyl (C=O) groups is 2. The van der Waals surface area contributed by atoms with Gasteiger partial charge in [0.2, 0.25) is 5.91 Å². The lowest BCUT2D eigenvalue weighted by Crippen LogP contribution is -2.48. The summed E-state index contributed by atoms with van der Waals surface area (Å²) in [6.07, 6.45) is 1.78. The Morgan fingerprint density at radius 2 is 1.92 bits per heavy atom. The van der Waals surface area contributed by atoms with Crippen LogP contribution in [0.25, 0.3) is 0 Å². The molecule has 6 heteroatoms. The van der Waals surface area contributed by atoms with Gasteiger partial charge < -0.3 is 5.32 Å². The summed E-state index contributed by atoms with van der Waals surface area (Å²) in [4.78, 5) is 24.8. The molecule has 1 aliphatic heterocycles. The van der Waals surface area contributed by atoms with Gasteiger partial charge in [0.1, 0.15) is 5.70 Å². The molecule has 0 aliphatic carbocycles. The van der Waals surface area contributed by atoms with Gasteiger partial charge in [-0.2, -0.15) is 0 Å². The lowest BCUT2D eigenvalue weighted by Gasteiger charge is -2.29. The molecule has 2 N–H and O–H groups in total. The van der Waals surface area contributed by atoms with Crippen LogP contribution < -0.4 is 15.8 Å². The van der Waals surface area contributed by atoms with Crippen LogP contribution in [-0.4, -0.2) is 11.8 Å². The third kappa shape index (κ3) is 3.74. The van der Waals surface area contributed by atoms with E-state index in [-0.39, 0.29) is 18.2 Å². The van der Waals surface area contributed by atoms with Crippen LogP contribution in [0.2, 0.25) is 0 Å². The molecule has 0 spiro atoms. The number of halogens is 1. The maximum absolute atomic E-state index is 12.5. The molecule has 0 radical (unpaired) electrons. The molecule has 128 valence electrons. The number of amides is 2. The number of anilines is 2. The summed E-state index contributed by atoms with van der Waals surface area (Å²) in [5.74, 6) is -0.391. The Hall–Kier alpha value is -2.60. The van der Waals surface area contributed by atoms with Gasteiger partial charge in [-0.05, 0) is 55.3 Å². The fourth-order valence-electron chi connectivity index (χ4n) is 2.58. The van der Waals surface area contributed by atoms with E-state index in [0.717, 1.165) is 21.3 Å². The highest BCUT2D eigenvalue weighted by molar-refractivity contribution is 9.10. The van der Waals surface area contributed by atoms with Gasteiger partial charge in [-0.15, -0.1) is 0 Å². The molecular formula is C19H18BrN3O2. The Kier molecular flexibility index (Phi) is 4.90. The van der Waals surface area contributed by atoms with Crippen LogP contribution in [-0.2, 0) is 9.59 Å². The fourth-order valence-corrected chi connectivity index (χ4v) is 2.83. The highest BCUT2D eigenvalue weighted by Gasteiger charge is 2.25. The van der Waals surface area contributed by atoms with Gasteiger partial charge in [-0.1, -0.05) is 34.1 Å². The summed E-state index contributed by atoms with van der Waals surface area (Å²) >= 11 is 3.44. The van der Waals surface area contributed by atoms with Crippen LogP contribution >= 0.6 is 15.9 Å². The molecule has 0 saturated heterocycles. The third-order valence-electron chi connectivity index (χ3n) is 3.98. The standard InChI is InChI=1S/C19H18BrN3O2/c1-12-5-3-4-6-17(12)23-18(24)10-9-16(22-23)19(25)21-14-7-8-15(20)13(2)11-14/h3-9,11,22H,10H2,1-2H3,(H,21,25). The van der Waals surface area contributed by atoms with Crippen molar-refractivity contribution in [3.05, 3.63) is 69.8 Å². The van der Waals surface area contributed by atoms with Crippen molar-refractivity contribution in [3.63, 3.8) is 0 Å². The molecule has 1 heterocycles. The monoisotopic (exact) mass is 399 g/mol. The molecule has 2 aromatic rings.